The van der Waals surface area contributed by atoms with E-state index >= 15 is 0 Å². The fourth-order valence-electron chi connectivity index (χ4n) is 1.85. The number of aliphatic imine (C=N–C) groups is 1. The molecule has 0 aromatic heterocycles. The summed E-state index contributed by atoms with van der Waals surface area (Å²) in [6.07, 6.45) is 3.29. The van der Waals surface area contributed by atoms with Gasteiger partial charge in [0.15, 0.2) is 5.96 Å². The van der Waals surface area contributed by atoms with Crippen LogP contribution in [0.2, 0.25) is 0 Å². The SMILES string of the molecule is CN=C(NCCSC)N(C)CC1CCOC1. The van der Waals surface area contributed by atoms with E-state index in [1.54, 1.807) is 0 Å². The third-order valence-electron chi connectivity index (χ3n) is 2.72. The van der Waals surface area contributed by atoms with Gasteiger partial charge in [-0.05, 0) is 12.7 Å². The molecular formula is C11H23N3OS. The Kier molecular flexibility index (Phi) is 6.64. The van der Waals surface area contributed by atoms with Crippen molar-refractivity contribution in [2.24, 2.45) is 10.9 Å². The zero-order valence-electron chi connectivity index (χ0n) is 10.5. The summed E-state index contributed by atoms with van der Waals surface area (Å²) >= 11 is 1.84. The Hall–Kier alpha value is -0.420. The minimum absolute atomic E-state index is 0.657. The number of nitrogens with zero attached hydrogens (tertiary/aromatic N) is 2. The zero-order valence-corrected chi connectivity index (χ0v) is 11.3. The maximum absolute atomic E-state index is 5.38. The molecule has 0 aromatic carbocycles. The standard InChI is InChI=1S/C11H23N3OS/c1-12-11(13-5-7-16-3)14(2)8-10-4-6-15-9-10/h10H,4-9H2,1-3H3,(H,12,13). The van der Waals surface area contributed by atoms with Crippen LogP contribution in [0.25, 0.3) is 0 Å². The van der Waals surface area contributed by atoms with Crippen molar-refractivity contribution < 1.29 is 4.74 Å². The lowest BCUT2D eigenvalue weighted by Crippen LogP contribution is -2.42. The molecule has 1 atom stereocenters. The van der Waals surface area contributed by atoms with Crippen LogP contribution in [-0.4, -0.2) is 63.3 Å². The first-order chi connectivity index (χ1) is 7.77. The second-order valence-electron chi connectivity index (χ2n) is 4.08. The lowest BCUT2D eigenvalue weighted by molar-refractivity contribution is 0.181. The van der Waals surface area contributed by atoms with E-state index in [2.05, 4.69) is 28.5 Å². The Morgan fingerprint density at radius 2 is 2.44 bits per heavy atom. The molecular weight excluding hydrogens is 222 g/mol. The molecule has 1 aliphatic rings. The molecule has 1 saturated heterocycles. The Morgan fingerprint density at radius 1 is 1.62 bits per heavy atom. The second-order valence-corrected chi connectivity index (χ2v) is 5.06. The minimum atomic E-state index is 0.657. The molecule has 4 nitrogen and oxygen atoms in total. The summed E-state index contributed by atoms with van der Waals surface area (Å²) in [6, 6.07) is 0. The monoisotopic (exact) mass is 245 g/mol. The molecule has 1 heterocycles. The molecule has 5 heteroatoms. The van der Waals surface area contributed by atoms with Gasteiger partial charge in [-0.3, -0.25) is 4.99 Å². The molecule has 1 fully saturated rings. The number of rotatable bonds is 5. The molecule has 1 unspecified atom stereocenters. The quantitative estimate of drug-likeness (QED) is 0.443. The van der Waals surface area contributed by atoms with E-state index in [0.717, 1.165) is 38.0 Å². The van der Waals surface area contributed by atoms with E-state index in [4.69, 9.17) is 4.74 Å². The highest BCUT2D eigenvalue weighted by molar-refractivity contribution is 7.98. The van der Waals surface area contributed by atoms with Crippen molar-refractivity contribution in [2.75, 3.05) is 52.4 Å². The topological polar surface area (TPSA) is 36.9 Å². The summed E-state index contributed by atoms with van der Waals surface area (Å²) in [7, 11) is 3.93. The second kappa shape index (κ2) is 7.79. The molecule has 0 saturated carbocycles. The van der Waals surface area contributed by atoms with Gasteiger partial charge >= 0.3 is 0 Å². The van der Waals surface area contributed by atoms with Gasteiger partial charge in [-0.2, -0.15) is 11.8 Å². The maximum atomic E-state index is 5.38. The summed E-state index contributed by atoms with van der Waals surface area (Å²) in [5.74, 6) is 2.75. The fourth-order valence-corrected chi connectivity index (χ4v) is 2.16. The molecule has 1 rings (SSSR count). The summed E-state index contributed by atoms with van der Waals surface area (Å²) in [4.78, 5) is 6.48. The molecule has 0 bridgehead atoms. The van der Waals surface area contributed by atoms with Crippen LogP contribution in [0, 0.1) is 5.92 Å². The summed E-state index contributed by atoms with van der Waals surface area (Å²) in [6.45, 7) is 3.81. The Labute approximate surface area is 103 Å². The van der Waals surface area contributed by atoms with Crippen molar-refractivity contribution in [1.29, 1.82) is 0 Å². The van der Waals surface area contributed by atoms with E-state index in [-0.39, 0.29) is 0 Å². The lowest BCUT2D eigenvalue weighted by Gasteiger charge is -2.24. The van der Waals surface area contributed by atoms with Crippen LogP contribution < -0.4 is 5.32 Å². The summed E-state index contributed by atoms with van der Waals surface area (Å²) in [5, 5.41) is 3.36. The Bertz CT molecular complexity index is 217. The fraction of sp³-hybridized carbons (Fsp3) is 0.909. The van der Waals surface area contributed by atoms with Gasteiger partial charge in [-0.15, -0.1) is 0 Å². The average Bonchev–Trinajstić information content (AvgIpc) is 2.77. The van der Waals surface area contributed by atoms with Gasteiger partial charge in [0.25, 0.3) is 0 Å². The van der Waals surface area contributed by atoms with E-state index in [9.17, 15) is 0 Å². The predicted octanol–water partition coefficient (Wildman–Crippen LogP) is 0.893. The van der Waals surface area contributed by atoms with E-state index < -0.39 is 0 Å². The highest BCUT2D eigenvalue weighted by Crippen LogP contribution is 2.13. The zero-order chi connectivity index (χ0) is 11.8. The molecule has 0 aromatic rings. The molecule has 0 radical (unpaired) electrons. The van der Waals surface area contributed by atoms with Crippen molar-refractivity contribution in [3.05, 3.63) is 0 Å². The van der Waals surface area contributed by atoms with Gasteiger partial charge in [-0.1, -0.05) is 0 Å². The predicted molar refractivity (Wildman–Crippen MR) is 71.3 cm³/mol. The maximum Gasteiger partial charge on any atom is 0.193 e. The van der Waals surface area contributed by atoms with Crippen LogP contribution in [-0.2, 0) is 4.74 Å². The van der Waals surface area contributed by atoms with Gasteiger partial charge in [0.05, 0.1) is 6.61 Å². The van der Waals surface area contributed by atoms with E-state index in [0.29, 0.717) is 5.92 Å². The van der Waals surface area contributed by atoms with Crippen molar-refractivity contribution in [3.63, 3.8) is 0 Å². The minimum Gasteiger partial charge on any atom is -0.381 e. The van der Waals surface area contributed by atoms with Crippen LogP contribution >= 0.6 is 11.8 Å². The van der Waals surface area contributed by atoms with Gasteiger partial charge in [-0.25, -0.2) is 0 Å². The highest BCUT2D eigenvalue weighted by atomic mass is 32.2. The smallest absolute Gasteiger partial charge is 0.193 e. The van der Waals surface area contributed by atoms with Crippen LogP contribution in [0.4, 0.5) is 0 Å². The molecule has 0 aliphatic carbocycles. The van der Waals surface area contributed by atoms with Gasteiger partial charge < -0.3 is 15.0 Å². The van der Waals surface area contributed by atoms with Crippen LogP contribution in [0.5, 0.6) is 0 Å². The van der Waals surface area contributed by atoms with Crippen molar-refractivity contribution in [2.45, 2.75) is 6.42 Å². The number of ether oxygens (including phenoxy) is 1. The van der Waals surface area contributed by atoms with Gasteiger partial charge in [0.2, 0.25) is 0 Å². The first-order valence-electron chi connectivity index (χ1n) is 5.76. The molecule has 1 aliphatic heterocycles. The number of hydrogen-bond acceptors (Lipinski definition) is 3. The number of guanidine groups is 1. The largest absolute Gasteiger partial charge is 0.381 e. The normalized spacial score (nSPS) is 21.2. The van der Waals surface area contributed by atoms with E-state index in [1.165, 1.54) is 6.42 Å². The third kappa shape index (κ3) is 4.61. The van der Waals surface area contributed by atoms with E-state index in [1.807, 2.05) is 18.8 Å². The van der Waals surface area contributed by atoms with Crippen LogP contribution in [0.3, 0.4) is 0 Å². The highest BCUT2D eigenvalue weighted by Gasteiger charge is 2.18. The first-order valence-corrected chi connectivity index (χ1v) is 7.15. The summed E-state index contributed by atoms with van der Waals surface area (Å²) < 4.78 is 5.38. The third-order valence-corrected chi connectivity index (χ3v) is 3.33. The molecule has 0 amide bonds. The summed E-state index contributed by atoms with van der Waals surface area (Å²) in [5.41, 5.74) is 0. The lowest BCUT2D eigenvalue weighted by atomic mass is 10.1. The van der Waals surface area contributed by atoms with Crippen molar-refractivity contribution in [1.82, 2.24) is 10.2 Å². The van der Waals surface area contributed by atoms with Crippen molar-refractivity contribution >= 4 is 17.7 Å². The van der Waals surface area contributed by atoms with Crippen molar-refractivity contribution in [3.8, 4) is 0 Å². The Balaban J connectivity index is 2.27. The average molecular weight is 245 g/mol. The number of nitrogens with one attached hydrogen (secondary N) is 1. The van der Waals surface area contributed by atoms with Gasteiger partial charge in [0, 0.05) is 45.5 Å². The van der Waals surface area contributed by atoms with Crippen LogP contribution in [0.1, 0.15) is 6.42 Å². The molecule has 94 valence electrons. The molecule has 16 heavy (non-hydrogen) atoms. The number of thioether (sulfide) groups is 1. The molecule has 1 N–H and O–H groups in total. The first kappa shape index (κ1) is 13.6. The van der Waals surface area contributed by atoms with Crippen LogP contribution in [0.15, 0.2) is 4.99 Å². The molecule has 0 spiro atoms. The number of hydrogen-bond donors (Lipinski definition) is 1. The van der Waals surface area contributed by atoms with Gasteiger partial charge in [0.1, 0.15) is 0 Å². The Morgan fingerprint density at radius 3 is 3.00 bits per heavy atom.